The van der Waals surface area contributed by atoms with Crippen molar-refractivity contribution in [2.45, 2.75) is 32.2 Å². The Balaban J connectivity index is 1.83. The van der Waals surface area contributed by atoms with Crippen LogP contribution >= 0.6 is 0 Å². The standard InChI is InChI=1S/C14H20N2O2/c1-11-10-13(14(17)18)5-9-16(11)8-4-12-2-6-15-7-3-12/h2-3,6-7,11,13H,4-5,8-10H2,1H3,(H,17,18). The van der Waals surface area contributed by atoms with Gasteiger partial charge in [-0.1, -0.05) is 0 Å². The van der Waals surface area contributed by atoms with Crippen LogP contribution < -0.4 is 0 Å². The second-order valence-corrected chi connectivity index (χ2v) is 5.05. The van der Waals surface area contributed by atoms with E-state index in [9.17, 15) is 4.79 Å². The van der Waals surface area contributed by atoms with E-state index in [1.807, 2.05) is 24.5 Å². The zero-order valence-electron chi connectivity index (χ0n) is 10.7. The summed E-state index contributed by atoms with van der Waals surface area (Å²) in [5.41, 5.74) is 1.29. The number of rotatable bonds is 4. The summed E-state index contributed by atoms with van der Waals surface area (Å²) in [6.45, 7) is 4.02. The highest BCUT2D eigenvalue weighted by Gasteiger charge is 2.29. The number of carboxylic acids is 1. The number of carboxylic acid groups (broad SMARTS) is 1. The van der Waals surface area contributed by atoms with Crippen LogP contribution in [-0.2, 0) is 11.2 Å². The maximum atomic E-state index is 11.0. The first-order valence-corrected chi connectivity index (χ1v) is 6.52. The Kier molecular flexibility index (Phi) is 4.31. The van der Waals surface area contributed by atoms with Crippen LogP contribution in [0.1, 0.15) is 25.3 Å². The number of carbonyl (C=O) groups is 1. The fourth-order valence-corrected chi connectivity index (χ4v) is 2.60. The molecule has 1 fully saturated rings. The molecule has 0 saturated carbocycles. The van der Waals surface area contributed by atoms with E-state index < -0.39 is 5.97 Å². The maximum absolute atomic E-state index is 11.0. The lowest BCUT2D eigenvalue weighted by atomic mass is 9.91. The molecule has 1 saturated heterocycles. The summed E-state index contributed by atoms with van der Waals surface area (Å²) in [5.74, 6) is -0.798. The second-order valence-electron chi connectivity index (χ2n) is 5.05. The Bertz CT molecular complexity index is 394. The van der Waals surface area contributed by atoms with E-state index in [-0.39, 0.29) is 5.92 Å². The summed E-state index contributed by atoms with van der Waals surface area (Å²) in [6, 6.07) is 4.44. The molecule has 2 atom stereocenters. The second kappa shape index (κ2) is 5.96. The van der Waals surface area contributed by atoms with Crippen LogP contribution in [0.2, 0.25) is 0 Å². The van der Waals surface area contributed by atoms with Gasteiger partial charge in [0, 0.05) is 25.0 Å². The van der Waals surface area contributed by atoms with Crippen LogP contribution in [0.15, 0.2) is 24.5 Å². The first-order chi connectivity index (χ1) is 8.66. The van der Waals surface area contributed by atoms with E-state index in [4.69, 9.17) is 5.11 Å². The molecular formula is C14H20N2O2. The van der Waals surface area contributed by atoms with Crippen molar-refractivity contribution in [3.05, 3.63) is 30.1 Å². The topological polar surface area (TPSA) is 53.4 Å². The van der Waals surface area contributed by atoms with E-state index in [0.717, 1.165) is 32.4 Å². The van der Waals surface area contributed by atoms with Crippen molar-refractivity contribution in [2.75, 3.05) is 13.1 Å². The van der Waals surface area contributed by atoms with Gasteiger partial charge in [0.15, 0.2) is 0 Å². The lowest BCUT2D eigenvalue weighted by Crippen LogP contribution is -2.43. The third kappa shape index (κ3) is 3.29. The van der Waals surface area contributed by atoms with Crippen LogP contribution in [0.25, 0.3) is 0 Å². The minimum atomic E-state index is -0.643. The lowest BCUT2D eigenvalue weighted by Gasteiger charge is -2.36. The van der Waals surface area contributed by atoms with Crippen molar-refractivity contribution in [2.24, 2.45) is 5.92 Å². The Labute approximate surface area is 108 Å². The van der Waals surface area contributed by atoms with Crippen LogP contribution in [0.5, 0.6) is 0 Å². The van der Waals surface area contributed by atoms with Crippen molar-refractivity contribution < 1.29 is 9.90 Å². The highest BCUT2D eigenvalue weighted by atomic mass is 16.4. The van der Waals surface area contributed by atoms with E-state index in [1.54, 1.807) is 0 Å². The highest BCUT2D eigenvalue weighted by Crippen LogP contribution is 2.23. The molecule has 0 amide bonds. The molecule has 1 aliphatic heterocycles. The Morgan fingerprint density at radius 1 is 1.50 bits per heavy atom. The molecule has 0 aromatic carbocycles. The predicted octanol–water partition coefficient (Wildman–Crippen LogP) is 1.81. The monoisotopic (exact) mass is 248 g/mol. The summed E-state index contributed by atoms with van der Waals surface area (Å²) >= 11 is 0. The summed E-state index contributed by atoms with van der Waals surface area (Å²) in [4.78, 5) is 17.4. The lowest BCUT2D eigenvalue weighted by molar-refractivity contribution is -0.144. The number of pyridine rings is 1. The summed E-state index contributed by atoms with van der Waals surface area (Å²) < 4.78 is 0. The Morgan fingerprint density at radius 2 is 2.22 bits per heavy atom. The normalized spacial score (nSPS) is 24.9. The highest BCUT2D eigenvalue weighted by molar-refractivity contribution is 5.70. The molecular weight excluding hydrogens is 228 g/mol. The molecule has 1 aliphatic rings. The van der Waals surface area contributed by atoms with Crippen molar-refractivity contribution in [1.29, 1.82) is 0 Å². The summed E-state index contributed by atoms with van der Waals surface area (Å²) in [7, 11) is 0. The first-order valence-electron chi connectivity index (χ1n) is 6.52. The number of nitrogens with zero attached hydrogens (tertiary/aromatic N) is 2. The zero-order valence-corrected chi connectivity index (χ0v) is 10.7. The maximum Gasteiger partial charge on any atom is 0.306 e. The van der Waals surface area contributed by atoms with Gasteiger partial charge in [0.1, 0.15) is 0 Å². The fourth-order valence-electron chi connectivity index (χ4n) is 2.60. The van der Waals surface area contributed by atoms with Gasteiger partial charge < -0.3 is 10.0 Å². The molecule has 0 spiro atoms. The third-order valence-corrected chi connectivity index (χ3v) is 3.80. The van der Waals surface area contributed by atoms with Crippen LogP contribution in [0.4, 0.5) is 0 Å². The summed E-state index contributed by atoms with van der Waals surface area (Å²) in [5, 5.41) is 9.02. The van der Waals surface area contributed by atoms with Crippen LogP contribution in [-0.4, -0.2) is 40.1 Å². The third-order valence-electron chi connectivity index (χ3n) is 3.80. The SMILES string of the molecule is CC1CC(C(=O)O)CCN1CCc1ccncc1. The molecule has 4 heteroatoms. The van der Waals surface area contributed by atoms with Gasteiger partial charge >= 0.3 is 5.97 Å². The van der Waals surface area contributed by atoms with Gasteiger partial charge in [0.25, 0.3) is 0 Å². The molecule has 1 N–H and O–H groups in total. The predicted molar refractivity (Wildman–Crippen MR) is 69.3 cm³/mol. The molecule has 1 aromatic heterocycles. The number of likely N-dealkylation sites (tertiary alicyclic amines) is 1. The van der Waals surface area contributed by atoms with Crippen molar-refractivity contribution >= 4 is 5.97 Å². The van der Waals surface area contributed by atoms with Gasteiger partial charge in [-0.3, -0.25) is 9.78 Å². The van der Waals surface area contributed by atoms with Gasteiger partial charge in [-0.25, -0.2) is 0 Å². The number of hydrogen-bond donors (Lipinski definition) is 1. The molecule has 0 bridgehead atoms. The van der Waals surface area contributed by atoms with E-state index in [0.29, 0.717) is 6.04 Å². The van der Waals surface area contributed by atoms with Gasteiger partial charge in [0.05, 0.1) is 5.92 Å². The number of hydrogen-bond acceptors (Lipinski definition) is 3. The fraction of sp³-hybridized carbons (Fsp3) is 0.571. The van der Waals surface area contributed by atoms with E-state index in [1.165, 1.54) is 5.56 Å². The molecule has 1 aromatic rings. The molecule has 0 aliphatic carbocycles. The van der Waals surface area contributed by atoms with Crippen molar-refractivity contribution in [1.82, 2.24) is 9.88 Å². The van der Waals surface area contributed by atoms with E-state index in [2.05, 4.69) is 16.8 Å². The first kappa shape index (κ1) is 13.0. The molecule has 18 heavy (non-hydrogen) atoms. The van der Waals surface area contributed by atoms with E-state index >= 15 is 0 Å². The van der Waals surface area contributed by atoms with Gasteiger partial charge in [0.2, 0.25) is 0 Å². The number of aliphatic carboxylic acids is 1. The number of piperidine rings is 1. The number of aromatic nitrogens is 1. The Morgan fingerprint density at radius 3 is 2.83 bits per heavy atom. The largest absolute Gasteiger partial charge is 0.481 e. The van der Waals surface area contributed by atoms with Crippen LogP contribution in [0, 0.1) is 5.92 Å². The zero-order chi connectivity index (χ0) is 13.0. The average molecular weight is 248 g/mol. The smallest absolute Gasteiger partial charge is 0.306 e. The Hall–Kier alpha value is -1.42. The molecule has 2 rings (SSSR count). The quantitative estimate of drug-likeness (QED) is 0.883. The molecule has 4 nitrogen and oxygen atoms in total. The summed E-state index contributed by atoms with van der Waals surface area (Å²) in [6.07, 6.45) is 6.18. The van der Waals surface area contributed by atoms with Gasteiger partial charge in [-0.15, -0.1) is 0 Å². The van der Waals surface area contributed by atoms with Crippen LogP contribution in [0.3, 0.4) is 0 Å². The minimum absolute atomic E-state index is 0.155. The molecule has 0 radical (unpaired) electrons. The van der Waals surface area contributed by atoms with Crippen molar-refractivity contribution in [3.8, 4) is 0 Å². The molecule has 98 valence electrons. The molecule has 2 unspecified atom stereocenters. The van der Waals surface area contributed by atoms with Gasteiger partial charge in [-0.2, -0.15) is 0 Å². The average Bonchev–Trinajstić information content (AvgIpc) is 2.38. The van der Waals surface area contributed by atoms with Gasteiger partial charge in [-0.05, 0) is 50.4 Å². The van der Waals surface area contributed by atoms with Crippen molar-refractivity contribution in [3.63, 3.8) is 0 Å². The minimum Gasteiger partial charge on any atom is -0.481 e. The molecule has 2 heterocycles.